The van der Waals surface area contributed by atoms with Gasteiger partial charge in [0.05, 0.1) is 18.1 Å². The monoisotopic (exact) mass is 305 g/mol. The summed E-state index contributed by atoms with van der Waals surface area (Å²) >= 11 is 0. The Balaban J connectivity index is 1.78. The number of aliphatic hydroxyl groups excluding tert-OH is 1. The molecule has 120 valence electrons. The van der Waals surface area contributed by atoms with Gasteiger partial charge in [-0.15, -0.1) is 0 Å². The Morgan fingerprint density at radius 2 is 2.23 bits per heavy atom. The Morgan fingerprint density at radius 3 is 2.77 bits per heavy atom. The first-order valence-corrected chi connectivity index (χ1v) is 7.97. The maximum Gasteiger partial charge on any atom is 0.352 e. The highest BCUT2D eigenvalue weighted by Gasteiger charge is 2.53. The zero-order valence-electron chi connectivity index (χ0n) is 13.1. The Kier molecular flexibility index (Phi) is 3.87. The average Bonchev–Trinajstić information content (AvgIpc) is 2.94. The maximum absolute atomic E-state index is 11.7. The number of carbonyl (C=O) groups is 1. The van der Waals surface area contributed by atoms with Crippen molar-refractivity contribution >= 4 is 5.97 Å². The molecule has 2 fully saturated rings. The number of fused-ring (bicyclic) bond motifs is 1. The lowest BCUT2D eigenvalue weighted by Crippen LogP contribution is -2.59. The molecule has 0 aliphatic carbocycles. The molecule has 0 aromatic heterocycles. The number of aliphatic carboxylic acids is 1. The number of carboxylic acid groups (broad SMARTS) is 1. The van der Waals surface area contributed by atoms with Crippen LogP contribution in [0.4, 0.5) is 0 Å². The van der Waals surface area contributed by atoms with Crippen molar-refractivity contribution in [2.45, 2.75) is 32.4 Å². The zero-order valence-corrected chi connectivity index (χ0v) is 13.1. The summed E-state index contributed by atoms with van der Waals surface area (Å²) in [5, 5.41) is 28.5. The van der Waals surface area contributed by atoms with Crippen LogP contribution in [0.5, 0.6) is 0 Å². The lowest BCUT2D eigenvalue weighted by atomic mass is 9.78. The van der Waals surface area contributed by atoms with Gasteiger partial charge in [-0.3, -0.25) is 4.90 Å². The number of hydrogen-bond donors (Lipinski definition) is 2. The quantitative estimate of drug-likeness (QED) is 0.786. The lowest BCUT2D eigenvalue weighted by Gasteiger charge is -2.49. The molecule has 2 unspecified atom stereocenters. The molecule has 2 N–H and O–H groups in total. The molecule has 0 bridgehead atoms. The molecule has 3 aliphatic heterocycles. The molecule has 0 radical (unpaired) electrons. The maximum atomic E-state index is 11.7. The number of nitriles is 1. The van der Waals surface area contributed by atoms with Gasteiger partial charge in [0.15, 0.2) is 0 Å². The fourth-order valence-corrected chi connectivity index (χ4v) is 4.28. The summed E-state index contributed by atoms with van der Waals surface area (Å²) in [6.07, 6.45) is 0.456. The number of likely N-dealkylation sites (tertiary alicyclic amines) is 1. The smallest absolute Gasteiger partial charge is 0.352 e. The molecule has 2 saturated heterocycles. The highest BCUT2D eigenvalue weighted by atomic mass is 16.4. The van der Waals surface area contributed by atoms with E-state index in [1.165, 1.54) is 0 Å². The fourth-order valence-electron chi connectivity index (χ4n) is 4.28. The summed E-state index contributed by atoms with van der Waals surface area (Å²) in [5.41, 5.74) is 1.38. The molecule has 0 amide bonds. The SMILES string of the molecule is C[C@@H](O)C1CN2C(C(=O)O)=C(CN3CC[C@H](C#N)C3)[C@H](C)C12. The van der Waals surface area contributed by atoms with E-state index in [0.29, 0.717) is 18.8 Å². The lowest BCUT2D eigenvalue weighted by molar-refractivity contribution is -0.137. The third-order valence-electron chi connectivity index (χ3n) is 5.53. The molecule has 6 heteroatoms. The number of rotatable bonds is 4. The first kappa shape index (κ1) is 15.3. The third kappa shape index (κ3) is 2.29. The fraction of sp³-hybridized carbons (Fsp3) is 0.750. The second-order valence-corrected chi connectivity index (χ2v) is 6.86. The second-order valence-electron chi connectivity index (χ2n) is 6.86. The van der Waals surface area contributed by atoms with E-state index in [1.807, 2.05) is 4.90 Å². The van der Waals surface area contributed by atoms with Crippen LogP contribution in [0.2, 0.25) is 0 Å². The van der Waals surface area contributed by atoms with Crippen molar-refractivity contribution in [2.24, 2.45) is 17.8 Å². The Hall–Kier alpha value is -1.58. The van der Waals surface area contributed by atoms with E-state index in [2.05, 4.69) is 17.9 Å². The van der Waals surface area contributed by atoms with Crippen LogP contribution in [0.3, 0.4) is 0 Å². The molecule has 6 nitrogen and oxygen atoms in total. The highest BCUT2D eigenvalue weighted by Crippen LogP contribution is 2.46. The van der Waals surface area contributed by atoms with Crippen molar-refractivity contribution in [1.82, 2.24) is 9.80 Å². The summed E-state index contributed by atoms with van der Waals surface area (Å²) in [7, 11) is 0. The van der Waals surface area contributed by atoms with Crippen molar-refractivity contribution < 1.29 is 15.0 Å². The van der Waals surface area contributed by atoms with Crippen molar-refractivity contribution in [1.29, 1.82) is 5.26 Å². The van der Waals surface area contributed by atoms with E-state index >= 15 is 0 Å². The van der Waals surface area contributed by atoms with Crippen LogP contribution in [0.1, 0.15) is 20.3 Å². The van der Waals surface area contributed by atoms with Crippen molar-refractivity contribution in [3.63, 3.8) is 0 Å². The zero-order chi connectivity index (χ0) is 16.0. The van der Waals surface area contributed by atoms with Gasteiger partial charge in [0.25, 0.3) is 0 Å². The topological polar surface area (TPSA) is 87.8 Å². The van der Waals surface area contributed by atoms with Crippen LogP contribution >= 0.6 is 0 Å². The summed E-state index contributed by atoms with van der Waals surface area (Å²) in [5.74, 6) is -0.523. The molecule has 0 aromatic carbocycles. The predicted octanol–water partition coefficient (Wildman–Crippen LogP) is 0.501. The summed E-state index contributed by atoms with van der Waals surface area (Å²) < 4.78 is 0. The van der Waals surface area contributed by atoms with E-state index < -0.39 is 12.1 Å². The van der Waals surface area contributed by atoms with Crippen LogP contribution in [-0.4, -0.2) is 64.3 Å². The minimum atomic E-state index is -0.871. The number of nitrogens with zero attached hydrogens (tertiary/aromatic N) is 3. The van der Waals surface area contributed by atoms with E-state index in [-0.39, 0.29) is 23.8 Å². The number of hydrogen-bond acceptors (Lipinski definition) is 5. The van der Waals surface area contributed by atoms with Crippen LogP contribution in [0.25, 0.3) is 0 Å². The number of carboxylic acids is 1. The minimum Gasteiger partial charge on any atom is -0.477 e. The Morgan fingerprint density at radius 1 is 1.50 bits per heavy atom. The summed E-state index contributed by atoms with van der Waals surface area (Å²) in [6.45, 7) is 6.68. The van der Waals surface area contributed by atoms with Gasteiger partial charge in [0, 0.05) is 37.5 Å². The second kappa shape index (κ2) is 5.56. The van der Waals surface area contributed by atoms with Crippen LogP contribution < -0.4 is 0 Å². The summed E-state index contributed by atoms with van der Waals surface area (Å²) in [6, 6.07) is 2.41. The first-order chi connectivity index (χ1) is 10.4. The van der Waals surface area contributed by atoms with Crippen molar-refractivity contribution in [3.8, 4) is 6.07 Å². The van der Waals surface area contributed by atoms with Crippen molar-refractivity contribution in [3.05, 3.63) is 11.3 Å². The number of aliphatic hydroxyl groups is 1. The third-order valence-corrected chi connectivity index (χ3v) is 5.53. The average molecular weight is 305 g/mol. The first-order valence-electron chi connectivity index (χ1n) is 7.97. The largest absolute Gasteiger partial charge is 0.477 e. The molecule has 3 heterocycles. The molecule has 3 rings (SSSR count). The Bertz CT molecular complexity index is 551. The van der Waals surface area contributed by atoms with Gasteiger partial charge in [-0.2, -0.15) is 5.26 Å². The van der Waals surface area contributed by atoms with Gasteiger partial charge in [-0.05, 0) is 25.5 Å². The minimum absolute atomic E-state index is 0.0628. The summed E-state index contributed by atoms with van der Waals surface area (Å²) in [4.78, 5) is 15.8. The van der Waals surface area contributed by atoms with Crippen LogP contribution in [0.15, 0.2) is 11.3 Å². The molecule has 3 aliphatic rings. The van der Waals surface area contributed by atoms with Gasteiger partial charge >= 0.3 is 5.97 Å². The van der Waals surface area contributed by atoms with E-state index in [1.54, 1.807) is 6.92 Å². The predicted molar refractivity (Wildman–Crippen MR) is 79.7 cm³/mol. The van der Waals surface area contributed by atoms with Gasteiger partial charge in [-0.25, -0.2) is 4.79 Å². The standard InChI is InChI=1S/C16H23N3O3/c1-9-12(7-18-4-3-11(5-17)6-18)15(16(21)22)19-8-13(10(2)20)14(9)19/h9-11,13-14,20H,3-4,6-8H2,1-2H3,(H,21,22)/t9-,10+,11+,13?,14?/m0/s1. The molecule has 0 spiro atoms. The normalized spacial score (nSPS) is 36.0. The van der Waals surface area contributed by atoms with Crippen LogP contribution in [0, 0.1) is 29.1 Å². The molecule has 5 atom stereocenters. The molecule has 0 aromatic rings. The van der Waals surface area contributed by atoms with Crippen LogP contribution in [-0.2, 0) is 4.79 Å². The van der Waals surface area contributed by atoms with Gasteiger partial charge in [0.1, 0.15) is 5.70 Å². The Labute approximate surface area is 130 Å². The van der Waals surface area contributed by atoms with E-state index in [0.717, 1.165) is 25.1 Å². The highest BCUT2D eigenvalue weighted by molar-refractivity contribution is 5.88. The van der Waals surface area contributed by atoms with Crippen molar-refractivity contribution in [2.75, 3.05) is 26.2 Å². The van der Waals surface area contributed by atoms with Gasteiger partial charge in [0.2, 0.25) is 0 Å². The van der Waals surface area contributed by atoms with E-state index in [9.17, 15) is 15.0 Å². The molecule has 22 heavy (non-hydrogen) atoms. The molecular formula is C16H23N3O3. The molecule has 0 saturated carbocycles. The van der Waals surface area contributed by atoms with Gasteiger partial charge < -0.3 is 15.1 Å². The van der Waals surface area contributed by atoms with Gasteiger partial charge in [-0.1, -0.05) is 6.92 Å². The van der Waals surface area contributed by atoms with E-state index in [4.69, 9.17) is 5.26 Å². The molecular weight excluding hydrogens is 282 g/mol.